The maximum Gasteiger partial charge on any atom is 0.238 e. The summed E-state index contributed by atoms with van der Waals surface area (Å²) in [4.78, 5) is 4.49. The Morgan fingerprint density at radius 2 is 1.64 bits per heavy atom. The van der Waals surface area contributed by atoms with Crippen molar-refractivity contribution < 1.29 is 22.7 Å². The van der Waals surface area contributed by atoms with Crippen LogP contribution < -0.4 is 9.47 Å². The molecule has 0 atom stereocenters. The minimum absolute atomic E-state index is 0.0396. The molecule has 7 nitrogen and oxygen atoms in total. The van der Waals surface area contributed by atoms with Gasteiger partial charge in [-0.3, -0.25) is 0 Å². The first-order valence-electron chi connectivity index (χ1n) is 10.6. The molecule has 168 valence electrons. The Morgan fingerprint density at radius 3 is 2.24 bits per heavy atom. The summed E-state index contributed by atoms with van der Waals surface area (Å²) in [5.41, 5.74) is 1.46. The molecule has 1 aromatic carbocycles. The quantitative estimate of drug-likeness (QED) is 0.272. The Hall–Kier alpha value is -4.18. The number of hydrogen-bond acceptors (Lipinski definition) is 7. The number of ether oxygens (including phenoxy) is 2. The molecule has 3 aromatic heterocycles. The maximum absolute atomic E-state index is 9.90. The first-order chi connectivity index (χ1) is 16.0. The van der Waals surface area contributed by atoms with E-state index in [-0.39, 0.29) is 23.7 Å². The Kier molecular flexibility index (Phi) is 6.36. The Morgan fingerprint density at radius 1 is 0.939 bits per heavy atom. The van der Waals surface area contributed by atoms with Crippen molar-refractivity contribution in [3.05, 3.63) is 66.1 Å². The number of nitriles is 1. The van der Waals surface area contributed by atoms with Crippen LogP contribution >= 0.6 is 0 Å². The van der Waals surface area contributed by atoms with Crippen LogP contribution in [-0.2, 0) is 0 Å². The van der Waals surface area contributed by atoms with Crippen molar-refractivity contribution in [2.75, 3.05) is 0 Å². The third-order valence-electron chi connectivity index (χ3n) is 4.55. The third kappa shape index (κ3) is 4.85. The van der Waals surface area contributed by atoms with Gasteiger partial charge < -0.3 is 22.7 Å². The van der Waals surface area contributed by atoms with E-state index in [4.69, 9.17) is 22.7 Å². The summed E-state index contributed by atoms with van der Waals surface area (Å²) in [7, 11) is 0. The van der Waals surface area contributed by atoms with Gasteiger partial charge in [0.15, 0.2) is 11.5 Å². The minimum atomic E-state index is -0.0409. The van der Waals surface area contributed by atoms with E-state index < -0.39 is 0 Å². The van der Waals surface area contributed by atoms with Crippen LogP contribution in [0.1, 0.15) is 38.8 Å². The van der Waals surface area contributed by atoms with Crippen molar-refractivity contribution in [3.8, 4) is 40.4 Å². The fourth-order valence-corrected chi connectivity index (χ4v) is 3.30. The molecule has 0 unspecified atom stereocenters. The first kappa shape index (κ1) is 22.0. The molecule has 4 rings (SSSR count). The van der Waals surface area contributed by atoms with Gasteiger partial charge in [-0.25, -0.2) is 4.99 Å². The van der Waals surface area contributed by atoms with Gasteiger partial charge in [-0.1, -0.05) is 0 Å². The minimum Gasteiger partial charge on any atom is -0.491 e. The molecule has 0 fully saturated rings. The molecule has 0 aliphatic rings. The zero-order chi connectivity index (χ0) is 23.4. The van der Waals surface area contributed by atoms with Crippen molar-refractivity contribution in [1.82, 2.24) is 0 Å². The number of nitrogens with zero attached hydrogens (tertiary/aromatic N) is 2. The van der Waals surface area contributed by atoms with Gasteiger partial charge in [-0.2, -0.15) is 5.26 Å². The fourth-order valence-electron chi connectivity index (χ4n) is 3.30. The molecule has 0 amide bonds. The molecule has 0 saturated carbocycles. The number of rotatable bonds is 8. The fraction of sp³-hybridized carbons (Fsp3) is 0.231. The highest BCUT2D eigenvalue weighted by Crippen LogP contribution is 2.43. The number of hydrogen-bond donors (Lipinski definition) is 0. The Bertz CT molecular complexity index is 1270. The molecule has 0 aliphatic carbocycles. The van der Waals surface area contributed by atoms with Gasteiger partial charge >= 0.3 is 0 Å². The van der Waals surface area contributed by atoms with Crippen molar-refractivity contribution in [1.29, 1.82) is 5.26 Å². The number of furan rings is 3. The Labute approximate surface area is 191 Å². The average Bonchev–Trinajstić information content (AvgIpc) is 3.51. The normalized spacial score (nSPS) is 11.4. The highest BCUT2D eigenvalue weighted by atomic mass is 16.5. The van der Waals surface area contributed by atoms with E-state index >= 15 is 0 Å². The second-order valence-corrected chi connectivity index (χ2v) is 7.84. The van der Waals surface area contributed by atoms with Crippen LogP contribution in [0.25, 0.3) is 22.8 Å². The summed E-state index contributed by atoms with van der Waals surface area (Å²) >= 11 is 0. The molecule has 0 radical (unpaired) electrons. The third-order valence-corrected chi connectivity index (χ3v) is 4.55. The zero-order valence-electron chi connectivity index (χ0n) is 18.9. The van der Waals surface area contributed by atoms with E-state index in [1.807, 2.05) is 45.9 Å². The molecule has 7 heteroatoms. The van der Waals surface area contributed by atoms with Gasteiger partial charge in [0.05, 0.1) is 30.3 Å². The van der Waals surface area contributed by atoms with Crippen molar-refractivity contribution in [2.45, 2.75) is 39.9 Å². The highest BCUT2D eigenvalue weighted by Gasteiger charge is 2.26. The van der Waals surface area contributed by atoms with Crippen LogP contribution in [0.5, 0.6) is 11.5 Å². The van der Waals surface area contributed by atoms with Gasteiger partial charge in [0.2, 0.25) is 5.88 Å². The van der Waals surface area contributed by atoms with Gasteiger partial charge in [-0.05, 0) is 64.1 Å². The summed E-state index contributed by atoms with van der Waals surface area (Å²) in [6.45, 7) is 7.82. The number of benzene rings is 1. The monoisotopic (exact) mass is 444 g/mol. The van der Waals surface area contributed by atoms with Crippen LogP contribution in [0, 0.1) is 11.3 Å². The van der Waals surface area contributed by atoms with E-state index in [2.05, 4.69) is 11.1 Å². The first-order valence-corrected chi connectivity index (χ1v) is 10.6. The van der Waals surface area contributed by atoms with E-state index in [1.165, 1.54) is 12.5 Å². The van der Waals surface area contributed by atoms with Gasteiger partial charge in [0.25, 0.3) is 0 Å². The van der Waals surface area contributed by atoms with Crippen molar-refractivity contribution in [2.24, 2.45) is 4.99 Å². The van der Waals surface area contributed by atoms with Crippen molar-refractivity contribution >= 4 is 12.1 Å². The van der Waals surface area contributed by atoms with Crippen LogP contribution in [-0.4, -0.2) is 18.4 Å². The smallest absolute Gasteiger partial charge is 0.238 e. The van der Waals surface area contributed by atoms with Gasteiger partial charge in [0, 0.05) is 17.8 Å². The molecule has 0 bridgehead atoms. The molecule has 0 saturated heterocycles. The lowest BCUT2D eigenvalue weighted by Crippen LogP contribution is -2.09. The highest BCUT2D eigenvalue weighted by molar-refractivity contribution is 5.89. The molecular weight excluding hydrogens is 420 g/mol. The Balaban J connectivity index is 1.77. The number of aliphatic imine (C=N–C) groups is 1. The van der Waals surface area contributed by atoms with Crippen LogP contribution in [0.2, 0.25) is 0 Å². The molecule has 4 aromatic rings. The second-order valence-electron chi connectivity index (χ2n) is 7.84. The summed E-state index contributed by atoms with van der Waals surface area (Å²) < 4.78 is 28.8. The maximum atomic E-state index is 9.90. The standard InChI is InChI=1S/C26H24N2O5/c1-16(2)31-19-10-9-18(23(13-19)32-17(3)4)15-28-26-20(14-27)24(21-7-5-11-29-21)25(33-26)22-8-6-12-30-22/h5-13,15-17H,1-4H3. The SMILES string of the molecule is CC(C)Oc1ccc(C=Nc2oc(-c3ccco3)c(-c3ccco3)c2C#N)c(OC(C)C)c1. The molecule has 0 aliphatic heterocycles. The summed E-state index contributed by atoms with van der Waals surface area (Å²) in [5.74, 6) is 2.80. The lowest BCUT2D eigenvalue weighted by Gasteiger charge is -2.15. The lowest BCUT2D eigenvalue weighted by atomic mass is 10.1. The van der Waals surface area contributed by atoms with Crippen molar-refractivity contribution in [3.63, 3.8) is 0 Å². The lowest BCUT2D eigenvalue weighted by molar-refractivity contribution is 0.229. The topological polar surface area (TPSA) is 94.0 Å². The van der Waals surface area contributed by atoms with Gasteiger partial charge in [-0.15, -0.1) is 0 Å². The van der Waals surface area contributed by atoms with E-state index in [9.17, 15) is 5.26 Å². The summed E-state index contributed by atoms with van der Waals surface area (Å²) in [6, 6.07) is 14.7. The predicted octanol–water partition coefficient (Wildman–Crippen LogP) is 7.00. The van der Waals surface area contributed by atoms with Gasteiger partial charge in [0.1, 0.15) is 28.9 Å². The summed E-state index contributed by atoms with van der Waals surface area (Å²) in [5, 5.41) is 9.90. The van der Waals surface area contributed by atoms with E-state index in [0.29, 0.717) is 34.3 Å². The second kappa shape index (κ2) is 9.53. The summed E-state index contributed by atoms with van der Waals surface area (Å²) in [6.07, 6.45) is 4.68. The predicted molar refractivity (Wildman–Crippen MR) is 124 cm³/mol. The average molecular weight is 444 g/mol. The zero-order valence-corrected chi connectivity index (χ0v) is 18.9. The molecule has 33 heavy (non-hydrogen) atoms. The molecule has 0 N–H and O–H groups in total. The molecule has 0 spiro atoms. The largest absolute Gasteiger partial charge is 0.491 e. The van der Waals surface area contributed by atoms with E-state index in [1.54, 1.807) is 30.5 Å². The van der Waals surface area contributed by atoms with E-state index in [0.717, 1.165) is 5.56 Å². The van der Waals surface area contributed by atoms with Crippen LogP contribution in [0.4, 0.5) is 5.88 Å². The van der Waals surface area contributed by atoms with Crippen LogP contribution in [0.3, 0.4) is 0 Å². The molecular formula is C26H24N2O5. The van der Waals surface area contributed by atoms with Crippen LogP contribution in [0.15, 0.2) is 73.2 Å². The molecule has 3 heterocycles.